The Hall–Kier alpha value is -1.24. The van der Waals surface area contributed by atoms with Crippen LogP contribution in [-0.4, -0.2) is 34.7 Å². The number of hydrogen-bond acceptors (Lipinski definition) is 4. The number of aliphatic imine (C=N–C) groups is 2. The SMILES string of the molecule is CC(C)(C)c1cc(Cl)cc(C=N[C@@H]2CCCC[C@H]2N=Cc2cc(Cl)cc(C(C)(C)C)c2O)c1O.[Cl-].[Co]. The first-order valence-corrected chi connectivity index (χ1v) is 12.7. The zero-order chi connectivity index (χ0) is 25.3. The Morgan fingerprint density at radius 3 is 1.36 bits per heavy atom. The summed E-state index contributed by atoms with van der Waals surface area (Å²) in [5, 5.41) is 22.8. The molecule has 0 aromatic heterocycles. The number of hydrogen-bond donors (Lipinski definition) is 2. The van der Waals surface area contributed by atoms with Crippen LogP contribution in [0.1, 0.15) is 89.5 Å². The van der Waals surface area contributed by atoms with Crippen LogP contribution >= 0.6 is 23.2 Å². The summed E-state index contributed by atoms with van der Waals surface area (Å²) in [6, 6.07) is 7.09. The summed E-state index contributed by atoms with van der Waals surface area (Å²) in [5.74, 6) is 0.435. The van der Waals surface area contributed by atoms with E-state index in [-0.39, 0.29) is 63.6 Å². The average Bonchev–Trinajstić information content (AvgIpc) is 2.73. The molecule has 4 nitrogen and oxygen atoms in total. The van der Waals surface area contributed by atoms with Gasteiger partial charge in [-0.05, 0) is 47.9 Å². The van der Waals surface area contributed by atoms with E-state index in [2.05, 4.69) is 0 Å². The van der Waals surface area contributed by atoms with E-state index in [1.54, 1.807) is 24.6 Å². The van der Waals surface area contributed by atoms with Crippen LogP contribution in [-0.2, 0) is 27.6 Å². The molecule has 0 saturated heterocycles. The maximum absolute atomic E-state index is 10.8. The molecule has 3 rings (SSSR count). The molecule has 2 N–H and O–H groups in total. The Bertz CT molecular complexity index is 1020. The number of aromatic hydroxyl groups is 2. The third kappa shape index (κ3) is 8.13. The normalized spacial score (nSPS) is 18.8. The van der Waals surface area contributed by atoms with E-state index in [4.69, 9.17) is 33.2 Å². The van der Waals surface area contributed by atoms with E-state index >= 15 is 0 Å². The van der Waals surface area contributed by atoms with E-state index in [0.717, 1.165) is 36.8 Å². The van der Waals surface area contributed by atoms with Crippen molar-refractivity contribution in [2.75, 3.05) is 0 Å². The maximum atomic E-state index is 10.8. The van der Waals surface area contributed by atoms with Gasteiger partial charge in [-0.15, -0.1) is 0 Å². The summed E-state index contributed by atoms with van der Waals surface area (Å²) in [6.07, 6.45) is 7.45. The third-order valence-corrected chi connectivity index (χ3v) is 6.76. The average molecular weight is 598 g/mol. The Balaban J connectivity index is 0.00000324. The third-order valence-electron chi connectivity index (χ3n) is 6.33. The van der Waals surface area contributed by atoms with Crippen LogP contribution in [0.25, 0.3) is 0 Å². The summed E-state index contributed by atoms with van der Waals surface area (Å²) in [4.78, 5) is 9.65. The molecule has 2 aromatic rings. The molecular formula is C28H36Cl3CoN2O2-. The molecule has 1 aliphatic rings. The monoisotopic (exact) mass is 596 g/mol. The zero-order valence-electron chi connectivity index (χ0n) is 21.7. The van der Waals surface area contributed by atoms with Crippen LogP contribution in [0.15, 0.2) is 34.3 Å². The number of halogens is 3. The molecule has 0 bridgehead atoms. The number of phenols is 2. The molecule has 2 atom stereocenters. The van der Waals surface area contributed by atoms with Crippen molar-refractivity contribution in [2.24, 2.45) is 9.98 Å². The summed E-state index contributed by atoms with van der Waals surface area (Å²) < 4.78 is 0. The van der Waals surface area contributed by atoms with Crippen molar-refractivity contribution in [3.8, 4) is 11.5 Å². The van der Waals surface area contributed by atoms with Gasteiger partial charge in [-0.1, -0.05) is 77.6 Å². The van der Waals surface area contributed by atoms with Crippen molar-refractivity contribution >= 4 is 35.6 Å². The molecule has 0 unspecified atom stereocenters. The minimum atomic E-state index is -0.236. The summed E-state index contributed by atoms with van der Waals surface area (Å²) >= 11 is 12.7. The molecule has 36 heavy (non-hydrogen) atoms. The van der Waals surface area contributed by atoms with Gasteiger partial charge in [-0.3, -0.25) is 9.98 Å². The molecule has 201 valence electrons. The summed E-state index contributed by atoms with van der Waals surface area (Å²) in [6.45, 7) is 12.3. The molecule has 2 aromatic carbocycles. The van der Waals surface area contributed by atoms with E-state index in [1.165, 1.54) is 0 Å². The molecular weight excluding hydrogens is 562 g/mol. The predicted octanol–water partition coefficient (Wildman–Crippen LogP) is 4.85. The summed E-state index contributed by atoms with van der Waals surface area (Å²) in [7, 11) is 0. The van der Waals surface area contributed by atoms with Gasteiger partial charge < -0.3 is 22.6 Å². The number of rotatable bonds is 4. The smallest absolute Gasteiger partial charge is 0.128 e. The predicted molar refractivity (Wildman–Crippen MR) is 145 cm³/mol. The standard InChI is InChI=1S/C28H36Cl2N2O2.ClH.Co/c1-27(2,3)21-13-19(29)11-17(25(21)33)15-31-23-9-7-8-10-24(23)32-16-18-12-20(30)14-22(26(18)34)28(4,5)6;;/h11-16,23-24,33-34H,7-10H2,1-6H3;1H;/p-1/t23-,24-;;/m1../s1. The Morgan fingerprint density at radius 2 is 1.06 bits per heavy atom. The van der Waals surface area contributed by atoms with Crippen molar-refractivity contribution in [1.29, 1.82) is 0 Å². The first-order valence-electron chi connectivity index (χ1n) is 11.9. The van der Waals surface area contributed by atoms with Gasteiger partial charge in [0.2, 0.25) is 0 Å². The topological polar surface area (TPSA) is 65.2 Å². The van der Waals surface area contributed by atoms with Crippen LogP contribution in [0.5, 0.6) is 11.5 Å². The van der Waals surface area contributed by atoms with Crippen molar-refractivity contribution in [3.05, 3.63) is 56.6 Å². The van der Waals surface area contributed by atoms with E-state index in [0.29, 0.717) is 21.2 Å². The van der Waals surface area contributed by atoms with E-state index in [9.17, 15) is 10.2 Å². The quantitative estimate of drug-likeness (QED) is 0.495. The summed E-state index contributed by atoms with van der Waals surface area (Å²) in [5.41, 5.74) is 2.36. The van der Waals surface area contributed by atoms with Gasteiger partial charge in [-0.2, -0.15) is 0 Å². The molecule has 1 radical (unpaired) electrons. The second-order valence-corrected chi connectivity index (χ2v) is 12.1. The maximum Gasteiger partial charge on any atom is 0.128 e. The van der Waals surface area contributed by atoms with Crippen LogP contribution < -0.4 is 12.4 Å². The minimum Gasteiger partial charge on any atom is -1.00 e. The fraction of sp³-hybridized carbons (Fsp3) is 0.500. The van der Waals surface area contributed by atoms with Crippen molar-refractivity contribution in [1.82, 2.24) is 0 Å². The Morgan fingerprint density at radius 1 is 0.722 bits per heavy atom. The molecule has 0 amide bonds. The van der Waals surface area contributed by atoms with E-state index < -0.39 is 0 Å². The van der Waals surface area contributed by atoms with Gasteiger partial charge in [0.15, 0.2) is 0 Å². The molecule has 1 aliphatic carbocycles. The van der Waals surface area contributed by atoms with Gasteiger partial charge in [0.1, 0.15) is 11.5 Å². The van der Waals surface area contributed by atoms with Crippen LogP contribution in [0.3, 0.4) is 0 Å². The fourth-order valence-corrected chi connectivity index (χ4v) is 4.83. The van der Waals surface area contributed by atoms with Crippen molar-refractivity contribution < 1.29 is 39.4 Å². The first-order chi connectivity index (χ1) is 15.8. The molecule has 8 heteroatoms. The zero-order valence-corrected chi connectivity index (χ0v) is 25.0. The van der Waals surface area contributed by atoms with Crippen LogP contribution in [0, 0.1) is 0 Å². The molecule has 1 fully saturated rings. The van der Waals surface area contributed by atoms with Crippen LogP contribution in [0.4, 0.5) is 0 Å². The van der Waals surface area contributed by atoms with Gasteiger partial charge in [-0.25, -0.2) is 0 Å². The Labute approximate surface area is 242 Å². The van der Waals surface area contributed by atoms with E-state index in [1.807, 2.05) is 53.7 Å². The van der Waals surface area contributed by atoms with Gasteiger partial charge in [0.25, 0.3) is 0 Å². The Kier molecular flexibility index (Phi) is 11.9. The molecule has 1 saturated carbocycles. The van der Waals surface area contributed by atoms with Gasteiger partial charge in [0, 0.05) is 61.5 Å². The molecule has 0 aliphatic heterocycles. The largest absolute Gasteiger partial charge is 1.00 e. The van der Waals surface area contributed by atoms with Crippen molar-refractivity contribution in [2.45, 2.75) is 90.1 Å². The molecule has 0 spiro atoms. The number of benzene rings is 2. The minimum absolute atomic E-state index is 0. The van der Waals surface area contributed by atoms with Crippen LogP contribution in [0.2, 0.25) is 10.0 Å². The second kappa shape index (κ2) is 13.0. The fourth-order valence-electron chi connectivity index (χ4n) is 4.37. The van der Waals surface area contributed by atoms with Gasteiger partial charge >= 0.3 is 0 Å². The first kappa shape index (κ1) is 32.8. The number of phenolic OH excluding ortho intramolecular Hbond substituents is 2. The van der Waals surface area contributed by atoms with Gasteiger partial charge in [0.05, 0.1) is 12.1 Å². The number of nitrogens with zero attached hydrogens (tertiary/aromatic N) is 2. The second-order valence-electron chi connectivity index (χ2n) is 11.3. The van der Waals surface area contributed by atoms with Crippen molar-refractivity contribution in [3.63, 3.8) is 0 Å². The molecule has 0 heterocycles.